The van der Waals surface area contributed by atoms with Crippen molar-refractivity contribution in [1.29, 1.82) is 0 Å². The molecule has 1 heterocycles. The number of benzene rings is 3. The van der Waals surface area contributed by atoms with Gasteiger partial charge in [-0.1, -0.05) is 30.3 Å². The minimum absolute atomic E-state index is 0.0817. The first-order valence-electron chi connectivity index (χ1n) is 10.5. The predicted molar refractivity (Wildman–Crippen MR) is 129 cm³/mol. The molecule has 0 aliphatic heterocycles. The molecule has 0 fully saturated rings. The number of rotatable bonds is 7. The number of likely N-dealkylation sites (N-methyl/N-ethyl adjacent to an activating group) is 1. The van der Waals surface area contributed by atoms with Gasteiger partial charge in [0.25, 0.3) is 5.91 Å². The van der Waals surface area contributed by atoms with Crippen molar-refractivity contribution in [2.45, 2.75) is 0 Å². The van der Waals surface area contributed by atoms with Crippen molar-refractivity contribution in [2.24, 2.45) is 5.10 Å². The first-order valence-corrected chi connectivity index (χ1v) is 10.5. The van der Waals surface area contributed by atoms with Gasteiger partial charge in [-0.05, 0) is 54.1 Å². The highest BCUT2D eigenvalue weighted by molar-refractivity contribution is 6.07. The number of anilines is 1. The Bertz CT molecular complexity index is 1290. The zero-order valence-electron chi connectivity index (χ0n) is 18.1. The first-order chi connectivity index (χ1) is 16.0. The van der Waals surface area contributed by atoms with Crippen LogP contribution < -0.4 is 10.3 Å². The van der Waals surface area contributed by atoms with Crippen LogP contribution in [-0.2, 0) is 0 Å². The molecule has 0 aliphatic rings. The number of nitrogens with zero attached hydrogens (tertiary/aromatic N) is 3. The van der Waals surface area contributed by atoms with Crippen LogP contribution in [0.25, 0.3) is 22.2 Å². The summed E-state index contributed by atoms with van der Waals surface area (Å²) in [7, 11) is 1.90. The number of para-hydroxylation sites is 1. The van der Waals surface area contributed by atoms with Gasteiger partial charge in [0.05, 0.1) is 29.6 Å². The average molecular weight is 442 g/mol. The fraction of sp³-hybridized carbons (Fsp3) is 0.115. The van der Waals surface area contributed by atoms with Gasteiger partial charge in [0.1, 0.15) is 5.82 Å². The molecule has 166 valence electrons. The van der Waals surface area contributed by atoms with Crippen molar-refractivity contribution in [3.05, 3.63) is 95.8 Å². The van der Waals surface area contributed by atoms with E-state index in [0.717, 1.165) is 11.3 Å². The number of hydrazone groups is 1. The summed E-state index contributed by atoms with van der Waals surface area (Å²) in [6.45, 7) is 0.627. The van der Waals surface area contributed by atoms with E-state index in [1.165, 1.54) is 12.1 Å². The van der Waals surface area contributed by atoms with Gasteiger partial charge in [-0.3, -0.25) is 4.79 Å². The lowest BCUT2D eigenvalue weighted by Gasteiger charge is -2.17. The molecule has 4 aromatic rings. The molecule has 6 nitrogen and oxygen atoms in total. The zero-order chi connectivity index (χ0) is 23.2. The molecule has 1 aromatic heterocycles. The van der Waals surface area contributed by atoms with Crippen molar-refractivity contribution < 1.29 is 14.3 Å². The third-order valence-corrected chi connectivity index (χ3v) is 5.25. The Morgan fingerprint density at radius 2 is 1.82 bits per heavy atom. The summed E-state index contributed by atoms with van der Waals surface area (Å²) in [6, 6.07) is 22.6. The van der Waals surface area contributed by atoms with Crippen LogP contribution in [0.3, 0.4) is 0 Å². The lowest BCUT2D eigenvalue weighted by atomic mass is 10.0. The Morgan fingerprint density at radius 3 is 2.55 bits per heavy atom. The highest BCUT2D eigenvalue weighted by Gasteiger charge is 2.13. The topological polar surface area (TPSA) is 77.8 Å². The summed E-state index contributed by atoms with van der Waals surface area (Å²) >= 11 is 0. The average Bonchev–Trinajstić information content (AvgIpc) is 2.84. The van der Waals surface area contributed by atoms with Crippen molar-refractivity contribution in [2.75, 3.05) is 25.1 Å². The molecule has 0 unspecified atom stereocenters. The normalized spacial score (nSPS) is 11.1. The maximum atomic E-state index is 13.3. The van der Waals surface area contributed by atoms with E-state index < -0.39 is 0 Å². The number of hydrogen-bond acceptors (Lipinski definition) is 5. The summed E-state index contributed by atoms with van der Waals surface area (Å²) in [5.41, 5.74) is 6.76. The van der Waals surface area contributed by atoms with E-state index in [1.807, 2.05) is 60.5 Å². The van der Waals surface area contributed by atoms with Gasteiger partial charge < -0.3 is 10.0 Å². The smallest absolute Gasteiger partial charge is 0.272 e. The minimum Gasteiger partial charge on any atom is -0.395 e. The van der Waals surface area contributed by atoms with Crippen LogP contribution in [0.4, 0.5) is 10.1 Å². The zero-order valence-corrected chi connectivity index (χ0v) is 18.1. The molecule has 0 atom stereocenters. The maximum Gasteiger partial charge on any atom is 0.272 e. The lowest BCUT2D eigenvalue weighted by Crippen LogP contribution is -2.21. The summed E-state index contributed by atoms with van der Waals surface area (Å²) in [5, 5.41) is 13.9. The van der Waals surface area contributed by atoms with E-state index >= 15 is 0 Å². The van der Waals surface area contributed by atoms with E-state index in [9.17, 15) is 9.18 Å². The number of hydrogen-bond donors (Lipinski definition) is 2. The lowest BCUT2D eigenvalue weighted by molar-refractivity contribution is 0.0956. The van der Waals surface area contributed by atoms with Crippen LogP contribution in [0.5, 0.6) is 0 Å². The number of aliphatic hydroxyl groups excluding tert-OH is 1. The molecular weight excluding hydrogens is 419 g/mol. The molecule has 0 bridgehead atoms. The summed E-state index contributed by atoms with van der Waals surface area (Å²) in [6.07, 6.45) is 1.57. The number of carbonyl (C=O) groups excluding carboxylic acids is 1. The Morgan fingerprint density at radius 1 is 1.09 bits per heavy atom. The SMILES string of the molecule is CN(CCO)c1ccc(/C=N/NC(=O)c2cc(-c3ccc(F)cc3)nc3ccccc23)cc1. The Labute approximate surface area is 191 Å². The summed E-state index contributed by atoms with van der Waals surface area (Å²) in [5.74, 6) is -0.701. The Kier molecular flexibility index (Phi) is 6.71. The quantitative estimate of drug-likeness (QED) is 0.332. The van der Waals surface area contributed by atoms with Crippen LogP contribution in [0, 0.1) is 5.82 Å². The fourth-order valence-electron chi connectivity index (χ4n) is 3.45. The molecule has 4 rings (SSSR count). The molecule has 0 saturated heterocycles. The third kappa shape index (κ3) is 5.22. The van der Waals surface area contributed by atoms with Crippen LogP contribution in [0.2, 0.25) is 0 Å². The van der Waals surface area contributed by atoms with Gasteiger partial charge in [0.2, 0.25) is 0 Å². The first kappa shape index (κ1) is 22.1. The van der Waals surface area contributed by atoms with Crippen LogP contribution in [0.1, 0.15) is 15.9 Å². The van der Waals surface area contributed by atoms with Crippen molar-refractivity contribution in [3.63, 3.8) is 0 Å². The standard InChI is InChI=1S/C26H23FN4O2/c1-31(14-15-32)21-12-6-18(7-13-21)17-28-30-26(33)23-16-25(19-8-10-20(27)11-9-19)29-24-5-3-2-4-22(23)24/h2-13,16-17,32H,14-15H2,1H3,(H,30,33)/b28-17+. The van der Waals surface area contributed by atoms with Crippen molar-refractivity contribution in [1.82, 2.24) is 10.4 Å². The minimum atomic E-state index is -0.368. The molecular formula is C26H23FN4O2. The summed E-state index contributed by atoms with van der Waals surface area (Å²) in [4.78, 5) is 19.5. The molecule has 0 saturated carbocycles. The van der Waals surface area contributed by atoms with Crippen LogP contribution >= 0.6 is 0 Å². The molecule has 0 spiro atoms. The largest absolute Gasteiger partial charge is 0.395 e. The second kappa shape index (κ2) is 10.0. The fourth-order valence-corrected chi connectivity index (χ4v) is 3.45. The van der Waals surface area contributed by atoms with E-state index in [4.69, 9.17) is 5.11 Å². The van der Waals surface area contributed by atoms with Crippen molar-refractivity contribution >= 4 is 28.7 Å². The molecule has 3 aromatic carbocycles. The molecule has 33 heavy (non-hydrogen) atoms. The number of fused-ring (bicyclic) bond motifs is 1. The molecule has 7 heteroatoms. The van der Waals surface area contributed by atoms with E-state index in [1.54, 1.807) is 24.4 Å². The number of carbonyl (C=O) groups is 1. The van der Waals surface area contributed by atoms with Gasteiger partial charge in [-0.25, -0.2) is 14.8 Å². The molecule has 0 aliphatic carbocycles. The number of nitrogens with one attached hydrogen (secondary N) is 1. The monoisotopic (exact) mass is 442 g/mol. The second-order valence-electron chi connectivity index (χ2n) is 7.51. The highest BCUT2D eigenvalue weighted by Crippen LogP contribution is 2.25. The maximum absolute atomic E-state index is 13.3. The predicted octanol–water partition coefficient (Wildman–Crippen LogP) is 4.23. The molecule has 1 amide bonds. The number of aromatic nitrogens is 1. The molecule has 2 N–H and O–H groups in total. The Balaban J connectivity index is 1.55. The summed E-state index contributed by atoms with van der Waals surface area (Å²) < 4.78 is 13.3. The van der Waals surface area contributed by atoms with E-state index in [2.05, 4.69) is 15.5 Å². The third-order valence-electron chi connectivity index (χ3n) is 5.25. The number of aliphatic hydroxyl groups is 1. The van der Waals surface area contributed by atoms with E-state index in [-0.39, 0.29) is 18.3 Å². The van der Waals surface area contributed by atoms with Crippen LogP contribution in [-0.4, -0.2) is 42.4 Å². The number of halogens is 1. The highest BCUT2D eigenvalue weighted by atomic mass is 19.1. The van der Waals surface area contributed by atoms with Gasteiger partial charge in [-0.15, -0.1) is 0 Å². The van der Waals surface area contributed by atoms with E-state index in [0.29, 0.717) is 34.3 Å². The second-order valence-corrected chi connectivity index (χ2v) is 7.51. The van der Waals surface area contributed by atoms with Gasteiger partial charge in [-0.2, -0.15) is 5.10 Å². The van der Waals surface area contributed by atoms with Crippen molar-refractivity contribution in [3.8, 4) is 11.3 Å². The Hall–Kier alpha value is -4.10. The number of pyridine rings is 1. The van der Waals surface area contributed by atoms with Crippen LogP contribution in [0.15, 0.2) is 84.0 Å². The van der Waals surface area contributed by atoms with Gasteiger partial charge in [0, 0.05) is 30.2 Å². The van der Waals surface area contributed by atoms with Gasteiger partial charge in [0.15, 0.2) is 0 Å². The number of amides is 1. The van der Waals surface area contributed by atoms with Gasteiger partial charge >= 0.3 is 0 Å². The molecule has 0 radical (unpaired) electrons.